The molecule has 3 nitrogen and oxygen atoms in total. The van der Waals surface area contributed by atoms with Crippen LogP contribution in [0.25, 0.3) is 6.08 Å². The fourth-order valence-electron chi connectivity index (χ4n) is 1.34. The molecule has 0 amide bonds. The summed E-state index contributed by atoms with van der Waals surface area (Å²) >= 11 is 3.27. The molecule has 4 heteroatoms. The van der Waals surface area contributed by atoms with Gasteiger partial charge in [-0.15, -0.1) is 0 Å². The number of carbonyl (C=O) groups excluding carboxylic acids is 1. The van der Waals surface area contributed by atoms with Gasteiger partial charge in [0.2, 0.25) is 0 Å². The summed E-state index contributed by atoms with van der Waals surface area (Å²) in [6.07, 6.45) is 7.90. The summed E-state index contributed by atoms with van der Waals surface area (Å²) in [5, 5.41) is 10.0. The van der Waals surface area contributed by atoms with Crippen molar-refractivity contribution in [3.8, 4) is 0 Å². The van der Waals surface area contributed by atoms with E-state index in [1.54, 1.807) is 0 Å². The molecule has 0 aliphatic rings. The Hall–Kier alpha value is -1.13. The zero-order chi connectivity index (χ0) is 14.5. The third kappa shape index (κ3) is 11.7. The van der Waals surface area contributed by atoms with Gasteiger partial charge in [-0.25, -0.2) is 0 Å². The number of hydrogen-bond donors (Lipinski definition) is 1. The molecule has 0 aliphatic carbocycles. The minimum absolute atomic E-state index is 0.836. The molecular weight excluding hydrogens is 306 g/mol. The summed E-state index contributed by atoms with van der Waals surface area (Å²) in [4.78, 5) is 10.0. The van der Waals surface area contributed by atoms with Crippen LogP contribution in [0.2, 0.25) is 0 Å². The van der Waals surface area contributed by atoms with Crippen molar-refractivity contribution in [3.05, 3.63) is 40.4 Å². The maximum Gasteiger partial charge on any atom is 0.0739 e. The first kappa shape index (κ1) is 17.9. The van der Waals surface area contributed by atoms with Crippen LogP contribution in [0.3, 0.4) is 0 Å². The Morgan fingerprint density at radius 2 is 1.89 bits per heavy atom. The largest absolute Gasteiger partial charge is 0.545 e. The molecule has 0 atom stereocenters. The molecule has 0 heterocycles. The lowest BCUT2D eigenvalue weighted by atomic mass is 10.2. The average molecular weight is 328 g/mol. The van der Waals surface area contributed by atoms with E-state index >= 15 is 0 Å². The lowest BCUT2D eigenvalue weighted by Crippen LogP contribution is -2.50. The van der Waals surface area contributed by atoms with Crippen LogP contribution in [0.4, 0.5) is 0 Å². The number of benzene rings is 1. The Balaban J connectivity index is 0.000000399. The van der Waals surface area contributed by atoms with Crippen molar-refractivity contribution >= 4 is 28.0 Å². The van der Waals surface area contributed by atoms with Gasteiger partial charge in [0.15, 0.2) is 0 Å². The van der Waals surface area contributed by atoms with E-state index in [2.05, 4.69) is 28.6 Å². The molecule has 0 radical (unpaired) electrons. The average Bonchev–Trinajstić information content (AvgIpc) is 2.39. The number of quaternary nitrogens is 1. The Bertz CT molecular complexity index is 370. The number of unbranched alkanes of at least 4 members (excludes halogenated alkanes) is 3. The molecule has 0 saturated heterocycles. The van der Waals surface area contributed by atoms with Crippen LogP contribution in [0.15, 0.2) is 34.8 Å². The van der Waals surface area contributed by atoms with Crippen molar-refractivity contribution in [3.63, 3.8) is 0 Å². The van der Waals surface area contributed by atoms with Crippen molar-refractivity contribution in [2.75, 3.05) is 6.54 Å². The molecule has 0 fully saturated rings. The van der Waals surface area contributed by atoms with E-state index in [0.717, 1.165) is 22.7 Å². The van der Waals surface area contributed by atoms with Crippen LogP contribution >= 0.6 is 15.9 Å². The van der Waals surface area contributed by atoms with Crippen molar-refractivity contribution in [1.29, 1.82) is 0 Å². The maximum atomic E-state index is 10.0. The van der Waals surface area contributed by atoms with Gasteiger partial charge in [-0.2, -0.15) is 0 Å². The second kappa shape index (κ2) is 11.9. The smallest absolute Gasteiger partial charge is 0.0739 e. The van der Waals surface area contributed by atoms with Crippen LogP contribution in [-0.4, -0.2) is 12.5 Å². The van der Waals surface area contributed by atoms with Crippen molar-refractivity contribution in [2.45, 2.75) is 32.6 Å². The minimum atomic E-state index is -1.18. The van der Waals surface area contributed by atoms with Crippen molar-refractivity contribution in [2.24, 2.45) is 0 Å². The Morgan fingerprint density at radius 3 is 2.37 bits per heavy atom. The topological polar surface area (TPSA) is 67.8 Å². The molecule has 106 valence electrons. The number of hydrogen-bond acceptors (Lipinski definition) is 2. The third-order valence-corrected chi connectivity index (χ3v) is 2.91. The lowest BCUT2D eigenvalue weighted by molar-refractivity contribution is -0.368. The maximum absolute atomic E-state index is 10.0. The van der Waals surface area contributed by atoms with E-state index in [1.807, 2.05) is 24.3 Å². The fourth-order valence-corrected chi connectivity index (χ4v) is 1.61. The lowest BCUT2D eigenvalue weighted by Gasteiger charge is -1.94. The Morgan fingerprint density at radius 1 is 1.26 bits per heavy atom. The van der Waals surface area contributed by atoms with Gasteiger partial charge in [0.1, 0.15) is 0 Å². The molecular formula is C15H22BrNO2. The molecule has 3 N–H and O–H groups in total. The Labute approximate surface area is 123 Å². The summed E-state index contributed by atoms with van der Waals surface area (Å²) in [7, 11) is 0. The first-order valence-electron chi connectivity index (χ1n) is 6.54. The minimum Gasteiger partial charge on any atom is -0.545 e. The van der Waals surface area contributed by atoms with Crippen LogP contribution in [-0.2, 0) is 4.79 Å². The standard InChI is InChI=1S/C9H7BrO2.C6H15N/c10-8-4-1-7(2-5-8)3-6-9(11)12;1-2-3-4-5-6-7/h1-6H,(H,11,12);2-7H2,1H3/b6-3+;. The number of carboxylic acids is 1. The van der Waals surface area contributed by atoms with Crippen molar-refractivity contribution in [1.82, 2.24) is 0 Å². The molecule has 1 aromatic carbocycles. The zero-order valence-corrected chi connectivity index (χ0v) is 13.0. The molecule has 1 aromatic rings. The number of aliphatic carboxylic acids is 1. The zero-order valence-electron chi connectivity index (χ0n) is 11.4. The predicted molar refractivity (Wildman–Crippen MR) is 80.1 cm³/mol. The summed E-state index contributed by atoms with van der Waals surface area (Å²) in [6.45, 7) is 3.34. The van der Waals surface area contributed by atoms with E-state index in [0.29, 0.717) is 0 Å². The quantitative estimate of drug-likeness (QED) is 0.641. The van der Waals surface area contributed by atoms with Gasteiger partial charge in [0, 0.05) is 4.47 Å². The number of carbonyl (C=O) groups is 1. The van der Waals surface area contributed by atoms with E-state index < -0.39 is 5.97 Å². The number of rotatable bonds is 6. The Kier molecular flexibility index (Phi) is 11.2. The van der Waals surface area contributed by atoms with Gasteiger partial charge >= 0.3 is 0 Å². The van der Waals surface area contributed by atoms with E-state index in [1.165, 1.54) is 31.8 Å². The molecule has 0 aliphatic heterocycles. The van der Waals surface area contributed by atoms with Gasteiger partial charge in [0.25, 0.3) is 0 Å². The second-order valence-electron chi connectivity index (χ2n) is 4.12. The number of halogens is 1. The third-order valence-electron chi connectivity index (χ3n) is 2.39. The second-order valence-corrected chi connectivity index (χ2v) is 5.03. The summed E-state index contributed by atoms with van der Waals surface area (Å²) in [5.74, 6) is -1.18. The molecule has 1 rings (SSSR count). The van der Waals surface area contributed by atoms with Crippen LogP contribution in [0, 0.1) is 0 Å². The number of carboxylic acid groups (broad SMARTS) is 1. The van der Waals surface area contributed by atoms with Gasteiger partial charge < -0.3 is 15.6 Å². The van der Waals surface area contributed by atoms with Crippen LogP contribution < -0.4 is 10.8 Å². The highest BCUT2D eigenvalue weighted by Gasteiger charge is 1.86. The van der Waals surface area contributed by atoms with E-state index in [4.69, 9.17) is 0 Å². The predicted octanol–water partition coefficient (Wildman–Crippen LogP) is 2.02. The normalized spacial score (nSPS) is 10.1. The monoisotopic (exact) mass is 327 g/mol. The fraction of sp³-hybridized carbons (Fsp3) is 0.400. The highest BCUT2D eigenvalue weighted by Crippen LogP contribution is 2.11. The molecule has 0 unspecified atom stereocenters. The SMILES string of the molecule is CCCCCC[NH3+].O=C([O-])/C=C/c1ccc(Br)cc1. The van der Waals surface area contributed by atoms with Crippen LogP contribution in [0.5, 0.6) is 0 Å². The summed E-state index contributed by atoms with van der Waals surface area (Å²) in [5.41, 5.74) is 4.59. The molecule has 19 heavy (non-hydrogen) atoms. The van der Waals surface area contributed by atoms with Gasteiger partial charge in [-0.3, -0.25) is 0 Å². The highest BCUT2D eigenvalue weighted by molar-refractivity contribution is 9.10. The molecule has 0 bridgehead atoms. The van der Waals surface area contributed by atoms with Gasteiger partial charge in [-0.1, -0.05) is 53.9 Å². The molecule has 0 spiro atoms. The van der Waals surface area contributed by atoms with Gasteiger partial charge in [-0.05, 0) is 36.6 Å². The van der Waals surface area contributed by atoms with E-state index in [-0.39, 0.29) is 0 Å². The summed E-state index contributed by atoms with van der Waals surface area (Å²) < 4.78 is 0.966. The summed E-state index contributed by atoms with van der Waals surface area (Å²) in [6, 6.07) is 7.30. The first-order chi connectivity index (χ1) is 9.10. The molecule has 0 aromatic heterocycles. The highest BCUT2D eigenvalue weighted by atomic mass is 79.9. The van der Waals surface area contributed by atoms with Crippen LogP contribution in [0.1, 0.15) is 38.2 Å². The van der Waals surface area contributed by atoms with Crippen molar-refractivity contribution < 1.29 is 15.6 Å². The van der Waals surface area contributed by atoms with E-state index in [9.17, 15) is 9.90 Å². The first-order valence-corrected chi connectivity index (χ1v) is 7.33. The van der Waals surface area contributed by atoms with Gasteiger partial charge in [0.05, 0.1) is 12.5 Å². The molecule has 0 saturated carbocycles.